The molecular weight excluding hydrogens is 160 g/mol. The minimum Gasteiger partial charge on any atom is -0.259 e. The molecule has 0 unspecified atom stereocenters. The quantitative estimate of drug-likeness (QED) is 0.593. The number of benzene rings is 1. The van der Waals surface area contributed by atoms with Gasteiger partial charge in [-0.05, 0) is 12.1 Å². The largest absolute Gasteiger partial charge is 0.259 e. The highest BCUT2D eigenvalue weighted by Crippen LogP contribution is 2.26. The monoisotopic (exact) mass is 168 g/mol. The fourth-order valence-corrected chi connectivity index (χ4v) is 1.64. The fraction of sp³-hybridized carbons (Fsp3) is 0.0909. The summed E-state index contributed by atoms with van der Waals surface area (Å²) in [6.07, 6.45) is 2.79. The Kier molecular flexibility index (Phi) is 1.25. The number of pyridine rings is 1. The van der Waals surface area contributed by atoms with Crippen molar-refractivity contribution in [3.05, 3.63) is 36.0 Å². The summed E-state index contributed by atoms with van der Waals surface area (Å²) < 4.78 is 0. The van der Waals surface area contributed by atoms with E-state index < -0.39 is 0 Å². The molecule has 1 aliphatic rings. The summed E-state index contributed by atoms with van der Waals surface area (Å²) in [5.41, 5.74) is 3.18. The average molecular weight is 168 g/mol. The van der Waals surface area contributed by atoms with Crippen LogP contribution < -0.4 is 0 Å². The Bertz CT molecular complexity index is 500. The van der Waals surface area contributed by atoms with Crippen molar-refractivity contribution in [1.29, 1.82) is 0 Å². The lowest BCUT2D eigenvalue weighted by Crippen LogP contribution is -1.86. The van der Waals surface area contributed by atoms with Gasteiger partial charge in [0.05, 0.1) is 16.9 Å². The molecule has 2 heteroatoms. The van der Waals surface area contributed by atoms with E-state index in [1.165, 1.54) is 5.39 Å². The van der Waals surface area contributed by atoms with Crippen molar-refractivity contribution in [3.63, 3.8) is 0 Å². The summed E-state index contributed by atoms with van der Waals surface area (Å²) in [6, 6.07) is 10.2. The normalized spacial score (nSPS) is 13.5. The number of rotatable bonds is 0. The summed E-state index contributed by atoms with van der Waals surface area (Å²) in [5.74, 6) is 0. The van der Waals surface area contributed by atoms with Gasteiger partial charge in [-0.1, -0.05) is 18.2 Å². The van der Waals surface area contributed by atoms with Crippen LogP contribution in [0.2, 0.25) is 0 Å². The second-order valence-corrected chi connectivity index (χ2v) is 3.16. The minimum absolute atomic E-state index is 0.875. The van der Waals surface area contributed by atoms with Gasteiger partial charge in [-0.3, -0.25) is 9.98 Å². The van der Waals surface area contributed by atoms with Crippen LogP contribution in [0.5, 0.6) is 0 Å². The third-order valence-corrected chi connectivity index (χ3v) is 2.30. The van der Waals surface area contributed by atoms with Crippen LogP contribution in [0.4, 0.5) is 5.69 Å². The number of fused-ring (bicyclic) bond motifs is 2. The van der Waals surface area contributed by atoms with Crippen LogP contribution in [0.1, 0.15) is 5.69 Å². The molecule has 0 amide bonds. The van der Waals surface area contributed by atoms with Crippen LogP contribution in [0.25, 0.3) is 10.9 Å². The van der Waals surface area contributed by atoms with Crippen LogP contribution in [0.3, 0.4) is 0 Å². The molecule has 0 aliphatic carbocycles. The molecule has 3 rings (SSSR count). The number of aliphatic imine (C=N–C) groups is 1. The van der Waals surface area contributed by atoms with Crippen LogP contribution >= 0.6 is 0 Å². The average Bonchev–Trinajstić information content (AvgIpc) is 2.61. The molecular formula is C11H8N2. The van der Waals surface area contributed by atoms with Crippen molar-refractivity contribution in [1.82, 2.24) is 4.98 Å². The zero-order valence-electron chi connectivity index (χ0n) is 7.07. The molecule has 0 atom stereocenters. The number of hydrogen-bond acceptors (Lipinski definition) is 2. The van der Waals surface area contributed by atoms with E-state index in [1.54, 1.807) is 0 Å². The molecule has 2 heterocycles. The SMILES string of the molecule is C1=Nc2cc3ccccc3nc2C1. The Morgan fingerprint density at radius 3 is 3.08 bits per heavy atom. The zero-order chi connectivity index (χ0) is 8.67. The molecule has 0 saturated heterocycles. The van der Waals surface area contributed by atoms with Crippen LogP contribution in [0, 0.1) is 0 Å². The Morgan fingerprint density at radius 2 is 2.08 bits per heavy atom. The van der Waals surface area contributed by atoms with E-state index in [9.17, 15) is 0 Å². The van der Waals surface area contributed by atoms with Crippen molar-refractivity contribution in [2.75, 3.05) is 0 Å². The maximum absolute atomic E-state index is 4.53. The first kappa shape index (κ1) is 6.78. The molecule has 0 saturated carbocycles. The first-order chi connectivity index (χ1) is 6.43. The van der Waals surface area contributed by atoms with Gasteiger partial charge in [0.15, 0.2) is 0 Å². The lowest BCUT2D eigenvalue weighted by molar-refractivity contribution is 1.23. The number of nitrogens with zero attached hydrogens (tertiary/aromatic N) is 2. The van der Waals surface area contributed by atoms with Crippen molar-refractivity contribution < 1.29 is 0 Å². The van der Waals surface area contributed by atoms with Gasteiger partial charge in [0.25, 0.3) is 0 Å². The van der Waals surface area contributed by atoms with Gasteiger partial charge in [0.2, 0.25) is 0 Å². The van der Waals surface area contributed by atoms with Gasteiger partial charge in [-0.2, -0.15) is 0 Å². The molecule has 0 N–H and O–H groups in total. The van der Waals surface area contributed by atoms with Gasteiger partial charge in [-0.25, -0.2) is 0 Å². The second-order valence-electron chi connectivity index (χ2n) is 3.16. The van der Waals surface area contributed by atoms with Crippen molar-refractivity contribution in [2.24, 2.45) is 4.99 Å². The summed E-state index contributed by atoms with van der Waals surface area (Å²) >= 11 is 0. The summed E-state index contributed by atoms with van der Waals surface area (Å²) in [5, 5.41) is 1.17. The lowest BCUT2D eigenvalue weighted by Gasteiger charge is -1.99. The first-order valence-electron chi connectivity index (χ1n) is 4.35. The number of para-hydroxylation sites is 1. The van der Waals surface area contributed by atoms with E-state index in [2.05, 4.69) is 22.1 Å². The summed E-state index contributed by atoms with van der Waals surface area (Å²) in [7, 11) is 0. The Labute approximate surface area is 76.0 Å². The third-order valence-electron chi connectivity index (χ3n) is 2.30. The van der Waals surface area contributed by atoms with Crippen LogP contribution in [-0.4, -0.2) is 11.2 Å². The van der Waals surface area contributed by atoms with Crippen LogP contribution in [-0.2, 0) is 6.42 Å². The molecule has 0 spiro atoms. The molecule has 0 bridgehead atoms. The van der Waals surface area contributed by atoms with E-state index in [4.69, 9.17) is 0 Å². The predicted octanol–water partition coefficient (Wildman–Crippen LogP) is 2.49. The molecule has 13 heavy (non-hydrogen) atoms. The molecule has 0 radical (unpaired) electrons. The Balaban J connectivity index is 2.40. The lowest BCUT2D eigenvalue weighted by atomic mass is 10.2. The van der Waals surface area contributed by atoms with Gasteiger partial charge >= 0.3 is 0 Å². The van der Waals surface area contributed by atoms with Crippen molar-refractivity contribution in [2.45, 2.75) is 6.42 Å². The predicted molar refractivity (Wildman–Crippen MR) is 53.6 cm³/mol. The Morgan fingerprint density at radius 1 is 1.15 bits per heavy atom. The second kappa shape index (κ2) is 2.39. The van der Waals surface area contributed by atoms with E-state index >= 15 is 0 Å². The van der Waals surface area contributed by atoms with E-state index in [0.29, 0.717) is 0 Å². The number of hydrogen-bond donors (Lipinski definition) is 0. The highest BCUT2D eigenvalue weighted by molar-refractivity contribution is 5.86. The van der Waals surface area contributed by atoms with E-state index in [1.807, 2.05) is 24.4 Å². The van der Waals surface area contributed by atoms with Crippen LogP contribution in [0.15, 0.2) is 35.3 Å². The van der Waals surface area contributed by atoms with Crippen molar-refractivity contribution >= 4 is 22.8 Å². The zero-order valence-corrected chi connectivity index (χ0v) is 7.07. The Hall–Kier alpha value is -1.70. The third kappa shape index (κ3) is 0.952. The maximum atomic E-state index is 4.53. The molecule has 2 nitrogen and oxygen atoms in total. The standard InChI is InChI=1S/C11H8N2/c1-2-4-9-8(3-1)7-11-10(13-9)5-6-12-11/h1-4,6-7H,5H2. The highest BCUT2D eigenvalue weighted by Gasteiger charge is 2.08. The van der Waals surface area contributed by atoms with Crippen molar-refractivity contribution in [3.8, 4) is 0 Å². The number of aromatic nitrogens is 1. The van der Waals surface area contributed by atoms with E-state index in [-0.39, 0.29) is 0 Å². The van der Waals surface area contributed by atoms with E-state index in [0.717, 1.165) is 23.3 Å². The molecule has 0 fully saturated rings. The van der Waals surface area contributed by atoms with Gasteiger partial charge in [-0.15, -0.1) is 0 Å². The fourth-order valence-electron chi connectivity index (χ4n) is 1.64. The molecule has 2 aromatic rings. The molecule has 1 aromatic heterocycles. The summed E-state index contributed by atoms with van der Waals surface area (Å²) in [6.45, 7) is 0. The van der Waals surface area contributed by atoms with Gasteiger partial charge in [0, 0.05) is 18.0 Å². The van der Waals surface area contributed by atoms with Gasteiger partial charge < -0.3 is 0 Å². The molecule has 1 aliphatic heterocycles. The molecule has 1 aromatic carbocycles. The topological polar surface area (TPSA) is 25.2 Å². The highest BCUT2D eigenvalue weighted by atomic mass is 14.8. The smallest absolute Gasteiger partial charge is 0.0851 e. The summed E-state index contributed by atoms with van der Waals surface area (Å²) in [4.78, 5) is 8.79. The van der Waals surface area contributed by atoms with Gasteiger partial charge in [0.1, 0.15) is 0 Å². The first-order valence-corrected chi connectivity index (χ1v) is 4.35. The maximum Gasteiger partial charge on any atom is 0.0851 e. The molecule has 62 valence electrons. The minimum atomic E-state index is 0.875.